The van der Waals surface area contributed by atoms with Crippen molar-refractivity contribution in [1.29, 1.82) is 0 Å². The molecule has 22 heavy (non-hydrogen) atoms. The van der Waals surface area contributed by atoms with Crippen molar-refractivity contribution in [2.75, 3.05) is 19.6 Å². The van der Waals surface area contributed by atoms with Crippen LogP contribution in [0.3, 0.4) is 0 Å². The van der Waals surface area contributed by atoms with Gasteiger partial charge in [0.1, 0.15) is 5.82 Å². The number of furan rings is 1. The predicted molar refractivity (Wildman–Crippen MR) is 80.4 cm³/mol. The molecule has 0 atom stereocenters. The van der Waals surface area contributed by atoms with E-state index < -0.39 is 0 Å². The molecule has 116 valence electrons. The standard InChI is InChI=1S/C17H19FN2O2/c18-16-3-1-2-14(10-16)12-20-8-7-19(6-4-17(20)21)11-15-5-9-22-13-15/h1-3,5,9-10,13H,4,6-8,11-12H2. The molecular weight excluding hydrogens is 283 g/mol. The lowest BCUT2D eigenvalue weighted by molar-refractivity contribution is -0.130. The summed E-state index contributed by atoms with van der Waals surface area (Å²) in [5.41, 5.74) is 1.95. The van der Waals surface area contributed by atoms with Crippen LogP contribution >= 0.6 is 0 Å². The molecule has 0 bridgehead atoms. The number of hydrogen-bond donors (Lipinski definition) is 0. The third-order valence-corrected chi connectivity index (χ3v) is 3.93. The highest BCUT2D eigenvalue weighted by atomic mass is 19.1. The quantitative estimate of drug-likeness (QED) is 0.871. The van der Waals surface area contributed by atoms with E-state index in [-0.39, 0.29) is 11.7 Å². The van der Waals surface area contributed by atoms with E-state index in [1.165, 1.54) is 12.1 Å². The van der Waals surface area contributed by atoms with Crippen LogP contribution in [0.2, 0.25) is 0 Å². The van der Waals surface area contributed by atoms with E-state index in [0.717, 1.165) is 30.8 Å². The van der Waals surface area contributed by atoms with E-state index in [1.54, 1.807) is 18.6 Å². The number of carbonyl (C=O) groups is 1. The van der Waals surface area contributed by atoms with Gasteiger partial charge in [-0.25, -0.2) is 4.39 Å². The second kappa shape index (κ2) is 6.75. The van der Waals surface area contributed by atoms with Gasteiger partial charge in [-0.05, 0) is 23.8 Å². The summed E-state index contributed by atoms with van der Waals surface area (Å²) in [5, 5.41) is 0. The molecule has 0 saturated carbocycles. The van der Waals surface area contributed by atoms with Crippen LogP contribution in [0.4, 0.5) is 4.39 Å². The predicted octanol–water partition coefficient (Wildman–Crippen LogP) is 2.65. The Kier molecular flexibility index (Phi) is 4.53. The minimum Gasteiger partial charge on any atom is -0.472 e. The molecule has 1 amide bonds. The van der Waals surface area contributed by atoms with Crippen LogP contribution in [-0.2, 0) is 17.9 Å². The number of benzene rings is 1. The van der Waals surface area contributed by atoms with E-state index in [0.29, 0.717) is 19.5 Å². The first-order valence-electron chi connectivity index (χ1n) is 7.46. The highest BCUT2D eigenvalue weighted by Crippen LogP contribution is 2.13. The molecule has 0 unspecified atom stereocenters. The normalized spacial score (nSPS) is 16.8. The van der Waals surface area contributed by atoms with Crippen LogP contribution in [0.15, 0.2) is 47.3 Å². The summed E-state index contributed by atoms with van der Waals surface area (Å²) in [4.78, 5) is 16.3. The summed E-state index contributed by atoms with van der Waals surface area (Å²) in [6, 6.07) is 8.38. The average Bonchev–Trinajstić information content (AvgIpc) is 2.95. The minimum atomic E-state index is -0.263. The van der Waals surface area contributed by atoms with Crippen LogP contribution < -0.4 is 0 Å². The van der Waals surface area contributed by atoms with Crippen LogP contribution in [0, 0.1) is 5.82 Å². The maximum atomic E-state index is 13.3. The molecule has 2 aromatic rings. The van der Waals surface area contributed by atoms with Gasteiger partial charge in [-0.1, -0.05) is 12.1 Å². The number of hydrogen-bond acceptors (Lipinski definition) is 3. The zero-order valence-electron chi connectivity index (χ0n) is 12.4. The molecule has 4 nitrogen and oxygen atoms in total. The number of carbonyl (C=O) groups excluding carboxylic acids is 1. The molecule has 1 aromatic carbocycles. The van der Waals surface area contributed by atoms with Crippen LogP contribution in [0.1, 0.15) is 17.5 Å². The van der Waals surface area contributed by atoms with E-state index in [1.807, 2.05) is 17.0 Å². The van der Waals surface area contributed by atoms with E-state index in [4.69, 9.17) is 4.42 Å². The molecule has 0 radical (unpaired) electrons. The lowest BCUT2D eigenvalue weighted by atomic mass is 10.2. The summed E-state index contributed by atoms with van der Waals surface area (Å²) in [6.07, 6.45) is 3.89. The van der Waals surface area contributed by atoms with Crippen molar-refractivity contribution in [3.05, 3.63) is 59.8 Å². The molecular formula is C17H19FN2O2. The number of rotatable bonds is 4. The fourth-order valence-electron chi connectivity index (χ4n) is 2.73. The molecule has 1 aliphatic rings. The fraction of sp³-hybridized carbons (Fsp3) is 0.353. The molecule has 1 aliphatic heterocycles. The van der Waals surface area contributed by atoms with Gasteiger partial charge in [0.2, 0.25) is 5.91 Å². The van der Waals surface area contributed by atoms with Gasteiger partial charge in [0, 0.05) is 44.7 Å². The summed E-state index contributed by atoms with van der Waals surface area (Å²) < 4.78 is 18.3. The van der Waals surface area contributed by atoms with Gasteiger partial charge >= 0.3 is 0 Å². The number of amides is 1. The van der Waals surface area contributed by atoms with Gasteiger partial charge in [-0.3, -0.25) is 9.69 Å². The Labute approximate surface area is 129 Å². The van der Waals surface area contributed by atoms with Crippen LogP contribution in [-0.4, -0.2) is 35.3 Å². The Balaban J connectivity index is 1.61. The van der Waals surface area contributed by atoms with Crippen molar-refractivity contribution < 1.29 is 13.6 Å². The van der Waals surface area contributed by atoms with Crippen LogP contribution in [0.5, 0.6) is 0 Å². The molecule has 1 saturated heterocycles. The first-order valence-corrected chi connectivity index (χ1v) is 7.46. The van der Waals surface area contributed by atoms with Gasteiger partial charge < -0.3 is 9.32 Å². The first kappa shape index (κ1) is 14.8. The summed E-state index contributed by atoms with van der Waals surface area (Å²) in [6.45, 7) is 3.47. The smallest absolute Gasteiger partial charge is 0.224 e. The summed E-state index contributed by atoms with van der Waals surface area (Å²) >= 11 is 0. The number of halogens is 1. The topological polar surface area (TPSA) is 36.7 Å². The average molecular weight is 302 g/mol. The zero-order valence-corrected chi connectivity index (χ0v) is 12.4. The van der Waals surface area contributed by atoms with Crippen molar-refractivity contribution in [2.24, 2.45) is 0 Å². The summed E-state index contributed by atoms with van der Waals surface area (Å²) in [5.74, 6) is -0.139. The third kappa shape index (κ3) is 3.74. The van der Waals surface area contributed by atoms with Gasteiger partial charge in [0.15, 0.2) is 0 Å². The lowest BCUT2D eigenvalue weighted by Gasteiger charge is -2.22. The maximum absolute atomic E-state index is 13.3. The van der Waals surface area contributed by atoms with E-state index >= 15 is 0 Å². The monoisotopic (exact) mass is 302 g/mol. The Hall–Kier alpha value is -2.14. The maximum Gasteiger partial charge on any atom is 0.224 e. The summed E-state index contributed by atoms with van der Waals surface area (Å²) in [7, 11) is 0. The molecule has 0 aliphatic carbocycles. The molecule has 3 rings (SSSR count). The highest BCUT2D eigenvalue weighted by molar-refractivity contribution is 5.76. The molecule has 1 fully saturated rings. The van der Waals surface area contributed by atoms with Crippen molar-refractivity contribution in [1.82, 2.24) is 9.80 Å². The second-order valence-corrected chi connectivity index (χ2v) is 5.60. The zero-order chi connectivity index (χ0) is 15.4. The van der Waals surface area contributed by atoms with Gasteiger partial charge in [-0.2, -0.15) is 0 Å². The van der Waals surface area contributed by atoms with Crippen molar-refractivity contribution in [3.8, 4) is 0 Å². The Morgan fingerprint density at radius 1 is 1.09 bits per heavy atom. The second-order valence-electron chi connectivity index (χ2n) is 5.60. The Morgan fingerprint density at radius 3 is 2.77 bits per heavy atom. The first-order chi connectivity index (χ1) is 10.7. The number of nitrogens with zero attached hydrogens (tertiary/aromatic N) is 2. The fourth-order valence-corrected chi connectivity index (χ4v) is 2.73. The molecule has 2 heterocycles. The van der Waals surface area contributed by atoms with Crippen molar-refractivity contribution in [2.45, 2.75) is 19.5 Å². The minimum absolute atomic E-state index is 0.124. The van der Waals surface area contributed by atoms with E-state index in [9.17, 15) is 9.18 Å². The molecule has 5 heteroatoms. The molecule has 0 spiro atoms. The SMILES string of the molecule is O=C1CCN(Cc2ccoc2)CCN1Cc1cccc(F)c1. The highest BCUT2D eigenvalue weighted by Gasteiger charge is 2.21. The lowest BCUT2D eigenvalue weighted by Crippen LogP contribution is -2.32. The van der Waals surface area contributed by atoms with Crippen LogP contribution in [0.25, 0.3) is 0 Å². The third-order valence-electron chi connectivity index (χ3n) is 3.93. The molecule has 1 aromatic heterocycles. The van der Waals surface area contributed by atoms with Gasteiger partial charge in [-0.15, -0.1) is 0 Å². The van der Waals surface area contributed by atoms with E-state index in [2.05, 4.69) is 4.90 Å². The Morgan fingerprint density at radius 2 is 2.00 bits per heavy atom. The van der Waals surface area contributed by atoms with Crippen molar-refractivity contribution in [3.63, 3.8) is 0 Å². The van der Waals surface area contributed by atoms with Gasteiger partial charge in [0.05, 0.1) is 12.5 Å². The Bertz CT molecular complexity index is 627. The van der Waals surface area contributed by atoms with Crippen molar-refractivity contribution >= 4 is 5.91 Å². The van der Waals surface area contributed by atoms with Gasteiger partial charge in [0.25, 0.3) is 0 Å². The largest absolute Gasteiger partial charge is 0.472 e. The molecule has 0 N–H and O–H groups in total.